The Bertz CT molecular complexity index is 949. The molecular formula is C25H27NO3S. The number of ether oxygens (including phenoxy) is 2. The van der Waals surface area contributed by atoms with E-state index in [0.29, 0.717) is 29.7 Å². The first-order valence-electron chi connectivity index (χ1n) is 10.5. The summed E-state index contributed by atoms with van der Waals surface area (Å²) in [5.74, 6) is 1.12. The highest BCUT2D eigenvalue weighted by Crippen LogP contribution is 2.37. The molecule has 0 N–H and O–H groups in total. The van der Waals surface area contributed by atoms with Crippen molar-refractivity contribution >= 4 is 17.2 Å². The summed E-state index contributed by atoms with van der Waals surface area (Å²) in [5, 5.41) is 0. The van der Waals surface area contributed by atoms with Crippen molar-refractivity contribution in [1.29, 1.82) is 0 Å². The fraction of sp³-hybridized carbons (Fsp3) is 0.320. The van der Waals surface area contributed by atoms with Gasteiger partial charge < -0.3 is 14.4 Å². The minimum absolute atomic E-state index is 0.0413. The molecule has 4 rings (SSSR count). The third kappa shape index (κ3) is 4.91. The number of rotatable bonds is 8. The Balaban J connectivity index is 1.60. The zero-order chi connectivity index (χ0) is 20.8. The smallest absolute Gasteiger partial charge is 0.267 e. The molecule has 1 amide bonds. The molecular weight excluding hydrogens is 394 g/mol. The van der Waals surface area contributed by atoms with Crippen molar-refractivity contribution in [3.8, 4) is 16.2 Å². The zero-order valence-electron chi connectivity index (χ0n) is 17.3. The minimum Gasteiger partial charge on any atom is -0.487 e. The summed E-state index contributed by atoms with van der Waals surface area (Å²) in [7, 11) is 0. The van der Waals surface area contributed by atoms with Gasteiger partial charge >= 0.3 is 0 Å². The van der Waals surface area contributed by atoms with Crippen LogP contribution in [0.15, 0.2) is 66.7 Å². The van der Waals surface area contributed by atoms with Crippen molar-refractivity contribution in [2.45, 2.75) is 20.0 Å². The molecule has 1 atom stereocenters. The maximum absolute atomic E-state index is 13.5. The van der Waals surface area contributed by atoms with E-state index in [1.54, 1.807) is 0 Å². The molecule has 3 aromatic rings. The van der Waals surface area contributed by atoms with Gasteiger partial charge in [0.15, 0.2) is 0 Å². The van der Waals surface area contributed by atoms with Crippen molar-refractivity contribution in [1.82, 2.24) is 4.90 Å². The molecule has 0 spiro atoms. The van der Waals surface area contributed by atoms with Crippen molar-refractivity contribution in [3.05, 3.63) is 77.2 Å². The minimum atomic E-state index is 0.0413. The maximum atomic E-state index is 13.5. The Hall–Kier alpha value is -2.63. The standard InChI is InChI=1S/C25H27NO3S/c1-2-26(16-20-13-14-28-17-20)25(27)24-22(29-18-19-9-5-3-6-10-19)15-23(30-24)21-11-7-4-8-12-21/h3-12,15,20H,2,13-14,16-18H2,1H3. The summed E-state index contributed by atoms with van der Waals surface area (Å²) in [6.45, 7) is 5.40. The molecule has 0 radical (unpaired) electrons. The van der Waals surface area contributed by atoms with Crippen LogP contribution in [-0.4, -0.2) is 37.1 Å². The van der Waals surface area contributed by atoms with Crippen molar-refractivity contribution < 1.29 is 14.3 Å². The van der Waals surface area contributed by atoms with Gasteiger partial charge in [-0.25, -0.2) is 0 Å². The summed E-state index contributed by atoms with van der Waals surface area (Å²) in [6.07, 6.45) is 1.01. The highest BCUT2D eigenvalue weighted by atomic mass is 32.1. The van der Waals surface area contributed by atoms with E-state index in [9.17, 15) is 4.79 Å². The average molecular weight is 422 g/mol. The van der Waals surface area contributed by atoms with E-state index in [-0.39, 0.29) is 5.91 Å². The average Bonchev–Trinajstić information content (AvgIpc) is 3.47. The van der Waals surface area contributed by atoms with E-state index in [4.69, 9.17) is 9.47 Å². The van der Waals surface area contributed by atoms with Crippen LogP contribution in [0.25, 0.3) is 10.4 Å². The molecule has 1 unspecified atom stereocenters. The Morgan fingerprint density at radius 3 is 2.53 bits per heavy atom. The van der Waals surface area contributed by atoms with Crippen LogP contribution in [0.2, 0.25) is 0 Å². The first-order chi connectivity index (χ1) is 14.7. The summed E-state index contributed by atoms with van der Waals surface area (Å²) in [6, 6.07) is 22.2. The number of thiophene rings is 1. The largest absolute Gasteiger partial charge is 0.487 e. The van der Waals surface area contributed by atoms with Gasteiger partial charge in [-0.1, -0.05) is 60.7 Å². The number of benzene rings is 2. The molecule has 156 valence electrons. The predicted molar refractivity (Wildman–Crippen MR) is 121 cm³/mol. The summed E-state index contributed by atoms with van der Waals surface area (Å²) < 4.78 is 11.7. The second-order valence-electron chi connectivity index (χ2n) is 7.52. The van der Waals surface area contributed by atoms with Crippen LogP contribution in [0, 0.1) is 5.92 Å². The lowest BCUT2D eigenvalue weighted by Crippen LogP contribution is -2.35. The molecule has 0 bridgehead atoms. The topological polar surface area (TPSA) is 38.8 Å². The van der Waals surface area contributed by atoms with Gasteiger partial charge in [-0.15, -0.1) is 11.3 Å². The highest BCUT2D eigenvalue weighted by molar-refractivity contribution is 7.17. The van der Waals surface area contributed by atoms with E-state index >= 15 is 0 Å². The molecule has 0 aliphatic carbocycles. The molecule has 30 heavy (non-hydrogen) atoms. The SMILES string of the molecule is CCN(CC1CCOC1)C(=O)c1sc(-c2ccccc2)cc1OCc1ccccc1. The Kier molecular flexibility index (Phi) is 6.82. The van der Waals surface area contributed by atoms with Crippen LogP contribution in [0.1, 0.15) is 28.6 Å². The Labute approximate surface area is 182 Å². The van der Waals surface area contributed by atoms with Gasteiger partial charge in [0.05, 0.1) is 6.61 Å². The zero-order valence-corrected chi connectivity index (χ0v) is 18.1. The molecule has 1 saturated heterocycles. The molecule has 5 heteroatoms. The normalized spacial score (nSPS) is 15.8. The Morgan fingerprint density at radius 2 is 1.87 bits per heavy atom. The predicted octanol–water partition coefficient (Wildman–Crippen LogP) is 5.49. The number of carbonyl (C=O) groups is 1. The fourth-order valence-electron chi connectivity index (χ4n) is 3.65. The monoisotopic (exact) mass is 421 g/mol. The van der Waals surface area contributed by atoms with E-state index in [2.05, 4.69) is 12.1 Å². The molecule has 1 aromatic heterocycles. The molecule has 1 aliphatic rings. The first kappa shape index (κ1) is 20.6. The van der Waals surface area contributed by atoms with E-state index in [1.165, 1.54) is 11.3 Å². The highest BCUT2D eigenvalue weighted by Gasteiger charge is 2.26. The molecule has 1 aliphatic heterocycles. The molecule has 2 aromatic carbocycles. The lowest BCUT2D eigenvalue weighted by atomic mass is 10.1. The summed E-state index contributed by atoms with van der Waals surface area (Å²) in [5.41, 5.74) is 2.18. The van der Waals surface area contributed by atoms with Crippen LogP contribution in [0.5, 0.6) is 5.75 Å². The third-order valence-electron chi connectivity index (χ3n) is 5.36. The van der Waals surface area contributed by atoms with Crippen LogP contribution in [0.3, 0.4) is 0 Å². The van der Waals surface area contributed by atoms with Crippen molar-refractivity contribution in [2.75, 3.05) is 26.3 Å². The number of hydrogen-bond acceptors (Lipinski definition) is 4. The Morgan fingerprint density at radius 1 is 1.13 bits per heavy atom. The van der Waals surface area contributed by atoms with Gasteiger partial charge in [0.2, 0.25) is 0 Å². The van der Waals surface area contributed by atoms with Gasteiger partial charge in [-0.2, -0.15) is 0 Å². The third-order valence-corrected chi connectivity index (χ3v) is 6.51. The van der Waals surface area contributed by atoms with Crippen LogP contribution >= 0.6 is 11.3 Å². The van der Waals surface area contributed by atoms with Crippen molar-refractivity contribution in [2.24, 2.45) is 5.92 Å². The van der Waals surface area contributed by atoms with E-state index < -0.39 is 0 Å². The van der Waals surface area contributed by atoms with E-state index in [1.807, 2.05) is 66.4 Å². The summed E-state index contributed by atoms with van der Waals surface area (Å²) in [4.78, 5) is 17.1. The molecule has 4 nitrogen and oxygen atoms in total. The molecule has 0 saturated carbocycles. The van der Waals surface area contributed by atoms with Crippen LogP contribution < -0.4 is 4.74 Å². The van der Waals surface area contributed by atoms with E-state index in [0.717, 1.165) is 42.2 Å². The lowest BCUT2D eigenvalue weighted by molar-refractivity contribution is 0.0731. The van der Waals surface area contributed by atoms with Crippen LogP contribution in [-0.2, 0) is 11.3 Å². The summed E-state index contributed by atoms with van der Waals surface area (Å²) >= 11 is 1.51. The van der Waals surface area contributed by atoms with Gasteiger partial charge in [0.25, 0.3) is 5.91 Å². The van der Waals surface area contributed by atoms with Gasteiger partial charge in [-0.3, -0.25) is 4.79 Å². The van der Waals surface area contributed by atoms with Crippen LogP contribution in [0.4, 0.5) is 0 Å². The van der Waals surface area contributed by atoms with Gasteiger partial charge in [-0.05, 0) is 30.5 Å². The van der Waals surface area contributed by atoms with Crippen molar-refractivity contribution in [3.63, 3.8) is 0 Å². The number of nitrogens with zero attached hydrogens (tertiary/aromatic N) is 1. The van der Waals surface area contributed by atoms with Gasteiger partial charge in [0, 0.05) is 30.5 Å². The molecule has 1 fully saturated rings. The second-order valence-corrected chi connectivity index (χ2v) is 8.57. The van der Waals surface area contributed by atoms with Gasteiger partial charge in [0.1, 0.15) is 17.2 Å². The first-order valence-corrected chi connectivity index (χ1v) is 11.3. The second kappa shape index (κ2) is 9.92. The number of hydrogen-bond donors (Lipinski definition) is 0. The lowest BCUT2D eigenvalue weighted by Gasteiger charge is -2.23. The molecule has 2 heterocycles. The maximum Gasteiger partial charge on any atom is 0.267 e. The quantitative estimate of drug-likeness (QED) is 0.483. The number of amides is 1. The number of carbonyl (C=O) groups excluding carboxylic acids is 1. The fourth-order valence-corrected chi connectivity index (χ4v) is 4.72.